The second kappa shape index (κ2) is 23.1. The number of benzene rings is 6. The average Bonchev–Trinajstić information content (AvgIpc) is 3.93. The minimum absolute atomic E-state index is 0. The van der Waals surface area contributed by atoms with Gasteiger partial charge in [-0.15, -0.1) is 69.1 Å². The zero-order chi connectivity index (χ0) is 32.0. The monoisotopic (exact) mass is 862 g/mol. The summed E-state index contributed by atoms with van der Waals surface area (Å²) < 4.78 is 0. The molecule has 0 spiro atoms. The van der Waals surface area contributed by atoms with E-state index in [1.807, 2.05) is 0 Å². The summed E-state index contributed by atoms with van der Waals surface area (Å²) in [5, 5.41) is 10.7. The fourth-order valence-electron chi connectivity index (χ4n) is 7.02. The second-order valence-electron chi connectivity index (χ2n) is 12.6. The molecule has 8 aromatic rings. The van der Waals surface area contributed by atoms with Crippen LogP contribution >= 0.6 is 0 Å². The molecule has 266 valence electrons. The average molecular weight is 866 g/mol. The molecule has 0 aliphatic carbocycles. The van der Waals surface area contributed by atoms with Crippen LogP contribution in [-0.4, -0.2) is 9.52 Å². The van der Waals surface area contributed by atoms with E-state index in [1.54, 1.807) is 0 Å². The first-order valence-electron chi connectivity index (χ1n) is 17.3. The van der Waals surface area contributed by atoms with E-state index in [4.69, 9.17) is 0 Å². The predicted octanol–water partition coefficient (Wildman–Crippen LogP) is 15.0. The Labute approximate surface area is 362 Å². The van der Waals surface area contributed by atoms with E-state index >= 15 is 0 Å². The third-order valence-electron chi connectivity index (χ3n) is 9.55. The molecule has 53 heavy (non-hydrogen) atoms. The number of fused-ring (bicyclic) bond motifs is 4. The summed E-state index contributed by atoms with van der Waals surface area (Å²) in [5.41, 5.74) is 8.15. The summed E-state index contributed by atoms with van der Waals surface area (Å²) in [6.07, 6.45) is 5.20. The van der Waals surface area contributed by atoms with Crippen LogP contribution in [-0.2, 0) is 65.2 Å². The van der Waals surface area contributed by atoms with Crippen molar-refractivity contribution in [1.29, 1.82) is 0 Å². The smallest absolute Gasteiger partial charge is 0.358 e. The van der Waals surface area contributed by atoms with Gasteiger partial charge in [-0.05, 0) is 45.5 Å². The predicted molar refractivity (Wildman–Crippen MR) is 234 cm³/mol. The zero-order valence-corrected chi connectivity index (χ0v) is 38.5. The van der Waals surface area contributed by atoms with E-state index in [0.717, 1.165) is 12.8 Å². The maximum absolute atomic E-state index is 2.34. The Morgan fingerprint density at radius 2 is 0.774 bits per heavy atom. The van der Waals surface area contributed by atoms with E-state index < -0.39 is 0 Å². The Hall–Kier alpha value is -2.96. The summed E-state index contributed by atoms with van der Waals surface area (Å²) in [4.78, 5) is 0. The molecule has 0 atom stereocenters. The van der Waals surface area contributed by atoms with E-state index in [2.05, 4.69) is 159 Å². The van der Waals surface area contributed by atoms with Crippen molar-refractivity contribution in [3.63, 3.8) is 0 Å². The Bertz CT molecular complexity index is 2090. The largest absolute Gasteiger partial charge is 3.00 e. The van der Waals surface area contributed by atoms with Gasteiger partial charge in [0.25, 0.3) is 0 Å². The molecule has 0 saturated carbocycles. The first-order valence-corrected chi connectivity index (χ1v) is 18.7. The molecule has 0 amide bonds. The van der Waals surface area contributed by atoms with E-state index in [-0.39, 0.29) is 82.1 Å². The van der Waals surface area contributed by atoms with Gasteiger partial charge in [0.05, 0.1) is 0 Å². The molecule has 1 saturated heterocycles. The topological polar surface area (TPSA) is 0 Å². The molecule has 0 bridgehead atoms. The first kappa shape index (κ1) is 48.1. The maximum Gasteiger partial charge on any atom is 3.00 e. The number of hydrogen-bond donors (Lipinski definition) is 0. The van der Waals surface area contributed by atoms with Crippen LogP contribution in [0.2, 0.25) is 12.1 Å². The van der Waals surface area contributed by atoms with Gasteiger partial charge in [-0.2, -0.15) is 12.1 Å². The molecule has 0 unspecified atom stereocenters. The van der Waals surface area contributed by atoms with Gasteiger partial charge in [0.15, 0.2) is 0 Å². The van der Waals surface area contributed by atoms with Crippen LogP contribution in [0.5, 0.6) is 0 Å². The molecule has 8 aromatic carbocycles. The van der Waals surface area contributed by atoms with Gasteiger partial charge < -0.3 is 29.7 Å². The Morgan fingerprint density at radius 3 is 1.13 bits per heavy atom. The first-order chi connectivity index (χ1) is 23.2. The fraction of sp³-hybridized carbons (Fsp3) is 0.160. The Morgan fingerprint density at radius 1 is 0.434 bits per heavy atom. The number of rotatable bonds is 4. The van der Waals surface area contributed by atoms with Crippen molar-refractivity contribution in [3.8, 4) is 22.3 Å². The molecule has 0 nitrogen and oxygen atoms in total. The van der Waals surface area contributed by atoms with Crippen LogP contribution in [0.15, 0.2) is 146 Å². The van der Waals surface area contributed by atoms with Gasteiger partial charge in [-0.25, -0.2) is 0 Å². The number of aryl methyl sites for hydroxylation is 2. The summed E-state index contributed by atoms with van der Waals surface area (Å²) in [6.45, 7) is 4.43. The fourth-order valence-corrected chi connectivity index (χ4v) is 8.27. The van der Waals surface area contributed by atoms with Crippen molar-refractivity contribution >= 4 is 52.6 Å². The third-order valence-corrected chi connectivity index (χ3v) is 11.0. The van der Waals surface area contributed by atoms with Crippen molar-refractivity contribution in [2.75, 3.05) is 0 Å². The summed E-state index contributed by atoms with van der Waals surface area (Å²) in [7, 11) is 1.31. The molecule has 3 heteroatoms. The minimum atomic E-state index is 0. The van der Waals surface area contributed by atoms with Crippen molar-refractivity contribution < 1.29 is 52.4 Å². The van der Waals surface area contributed by atoms with E-state index in [0.29, 0.717) is 0 Å². The van der Waals surface area contributed by atoms with Crippen LogP contribution in [0.4, 0.5) is 0 Å². The van der Waals surface area contributed by atoms with Gasteiger partial charge in [0.1, 0.15) is 0 Å². The van der Waals surface area contributed by atoms with Crippen LogP contribution < -0.4 is 0 Å². The van der Waals surface area contributed by atoms with Crippen LogP contribution in [0.25, 0.3) is 65.3 Å². The van der Waals surface area contributed by atoms with Gasteiger partial charge >= 0.3 is 52.4 Å². The van der Waals surface area contributed by atoms with Gasteiger partial charge in [0.2, 0.25) is 0 Å². The van der Waals surface area contributed by atoms with Gasteiger partial charge in [-0.1, -0.05) is 147 Å². The quantitative estimate of drug-likeness (QED) is 0.122. The third kappa shape index (κ3) is 10.8. The van der Waals surface area contributed by atoms with Crippen LogP contribution in [0.1, 0.15) is 37.8 Å². The van der Waals surface area contributed by atoms with Crippen molar-refractivity contribution in [1.82, 2.24) is 0 Å². The molecule has 9 rings (SSSR count). The van der Waals surface area contributed by atoms with Crippen molar-refractivity contribution in [3.05, 3.63) is 186 Å². The zero-order valence-electron chi connectivity index (χ0n) is 32.6. The molecule has 1 heterocycles. The molecular weight excluding hydrogens is 811 g/mol. The van der Waals surface area contributed by atoms with Crippen LogP contribution in [0.3, 0.4) is 0 Å². The van der Waals surface area contributed by atoms with Crippen LogP contribution in [0, 0.1) is 29.7 Å². The molecule has 0 aromatic heterocycles. The SMILES string of the molecule is C1CC[Si]C1.CCc1cc2c(-c3cccc4ccccc34)cccc2[cH-]1.CCc1cc2c(-c3cccc4ccccc34)cccc2[cH-]1.[CH3-].[CH3-].[CH3-].[CH3-].[Zr+3].[Zr+3]. The minimum Gasteiger partial charge on any atom is -0.358 e. The molecule has 4 radical (unpaired) electrons. The normalized spacial score (nSPS) is 11.2. The molecule has 1 aliphatic heterocycles. The van der Waals surface area contributed by atoms with E-state index in [9.17, 15) is 0 Å². The Kier molecular flexibility index (Phi) is 20.9. The molecular formula is C50H54SiZr2. The molecule has 1 aliphatic rings. The molecule has 0 N–H and O–H groups in total. The van der Waals surface area contributed by atoms with Gasteiger partial charge in [-0.3, -0.25) is 0 Å². The standard InChI is InChI=1S/2C21H17.C4H8Si.4CH3.2Zr/c2*1-2-15-13-17-9-6-12-20(21(17)14-15)19-11-5-8-16-7-3-4-10-18(16)19;1-2-4-5-3-1;;;;;;/h2*3-14H,2H2,1H3;1-4H2;4*1H3;;/q2*-1;;4*-1;2*+3. The van der Waals surface area contributed by atoms with E-state index in [1.165, 1.54) is 111 Å². The summed E-state index contributed by atoms with van der Waals surface area (Å²) in [5.74, 6) is 0. The number of hydrogen-bond acceptors (Lipinski definition) is 0. The second-order valence-corrected chi connectivity index (χ2v) is 14.1. The van der Waals surface area contributed by atoms with Crippen molar-refractivity contribution in [2.45, 2.75) is 51.6 Å². The molecule has 1 fully saturated rings. The summed E-state index contributed by atoms with van der Waals surface area (Å²) in [6, 6.07) is 56.0. The van der Waals surface area contributed by atoms with Gasteiger partial charge in [0, 0.05) is 9.52 Å². The maximum atomic E-state index is 2.34. The Balaban J connectivity index is 0.000000425. The van der Waals surface area contributed by atoms with Crippen molar-refractivity contribution in [2.24, 2.45) is 0 Å². The summed E-state index contributed by atoms with van der Waals surface area (Å²) >= 11 is 0.